The third-order valence-corrected chi connectivity index (χ3v) is 5.57. The number of ether oxygens (including phenoxy) is 1. The summed E-state index contributed by atoms with van der Waals surface area (Å²) in [6, 6.07) is 13.9. The number of carbonyl (C=O) groups excluding carboxylic acids is 1. The van der Waals surface area contributed by atoms with Crippen molar-refractivity contribution in [2.24, 2.45) is 0 Å². The molecule has 0 saturated carbocycles. The summed E-state index contributed by atoms with van der Waals surface area (Å²) in [4.78, 5) is 15.5. The highest BCUT2D eigenvalue weighted by Crippen LogP contribution is 2.32. The highest BCUT2D eigenvalue weighted by atomic mass is 16.5. The molecular formula is C22H26N4O2. The average Bonchev–Trinajstić information content (AvgIpc) is 3.00. The molecule has 2 aromatic carbocycles. The van der Waals surface area contributed by atoms with Gasteiger partial charge in [-0.15, -0.1) is 5.10 Å². The van der Waals surface area contributed by atoms with E-state index in [2.05, 4.69) is 22.4 Å². The molecule has 3 aromatic rings. The highest BCUT2D eigenvalue weighted by Gasteiger charge is 2.28. The lowest BCUT2D eigenvalue weighted by Gasteiger charge is -2.30. The maximum Gasteiger partial charge on any atom is 0.254 e. The summed E-state index contributed by atoms with van der Waals surface area (Å²) in [6.45, 7) is 3.56. The molecule has 1 aliphatic heterocycles. The number of benzene rings is 2. The molecule has 28 heavy (non-hydrogen) atoms. The zero-order valence-corrected chi connectivity index (χ0v) is 16.5. The average molecular weight is 378 g/mol. The SMILES string of the molecule is CCn1nnc2cc(C(=O)N3CCCCC[C@@H]3c3ccc(OC)cc3)ccc21. The Balaban J connectivity index is 1.66. The minimum atomic E-state index is 0.0654. The Morgan fingerprint density at radius 1 is 1.14 bits per heavy atom. The predicted octanol–water partition coefficient (Wildman–Crippen LogP) is 4.22. The standard InChI is InChI=1S/C22H26N4O2/c1-3-26-21-13-10-17(15-19(21)23-24-26)22(27)25-14-6-4-5-7-20(25)16-8-11-18(28-2)12-9-16/h8-13,15,20H,3-7,14H2,1-2H3/t20-/m1/s1. The molecule has 1 atom stereocenters. The fraction of sp³-hybridized carbons (Fsp3) is 0.409. The molecule has 1 aliphatic rings. The van der Waals surface area contributed by atoms with Crippen LogP contribution in [0.5, 0.6) is 5.75 Å². The number of likely N-dealkylation sites (tertiary alicyclic amines) is 1. The summed E-state index contributed by atoms with van der Waals surface area (Å²) >= 11 is 0. The molecule has 0 spiro atoms. The van der Waals surface area contributed by atoms with Crippen LogP contribution in [0.2, 0.25) is 0 Å². The molecule has 4 rings (SSSR count). The third-order valence-electron chi connectivity index (χ3n) is 5.57. The molecule has 2 heterocycles. The Kier molecular flexibility index (Phi) is 5.28. The Bertz CT molecular complexity index is 964. The van der Waals surface area contributed by atoms with E-state index in [0.717, 1.165) is 61.1 Å². The summed E-state index contributed by atoms with van der Waals surface area (Å²) in [7, 11) is 1.67. The van der Waals surface area contributed by atoms with Gasteiger partial charge in [-0.3, -0.25) is 4.79 Å². The number of rotatable bonds is 4. The molecule has 1 fully saturated rings. The first-order chi connectivity index (χ1) is 13.7. The van der Waals surface area contributed by atoms with E-state index >= 15 is 0 Å². The number of amides is 1. The van der Waals surface area contributed by atoms with E-state index in [1.807, 2.05) is 46.8 Å². The van der Waals surface area contributed by atoms with Crippen LogP contribution in [0, 0.1) is 0 Å². The predicted molar refractivity (Wildman–Crippen MR) is 108 cm³/mol. The van der Waals surface area contributed by atoms with Crippen LogP contribution in [0.4, 0.5) is 0 Å². The van der Waals surface area contributed by atoms with Gasteiger partial charge < -0.3 is 9.64 Å². The van der Waals surface area contributed by atoms with Gasteiger partial charge in [-0.25, -0.2) is 4.68 Å². The highest BCUT2D eigenvalue weighted by molar-refractivity contribution is 5.97. The summed E-state index contributed by atoms with van der Waals surface area (Å²) in [6.07, 6.45) is 4.30. The minimum Gasteiger partial charge on any atom is -0.497 e. The van der Waals surface area contributed by atoms with E-state index in [0.29, 0.717) is 5.56 Å². The second-order valence-corrected chi connectivity index (χ2v) is 7.25. The fourth-order valence-electron chi connectivity index (χ4n) is 4.03. The maximum absolute atomic E-state index is 13.4. The fourth-order valence-corrected chi connectivity index (χ4v) is 4.03. The number of aromatic nitrogens is 3. The number of nitrogens with zero attached hydrogens (tertiary/aromatic N) is 4. The molecule has 146 valence electrons. The molecule has 6 nitrogen and oxygen atoms in total. The monoisotopic (exact) mass is 378 g/mol. The van der Waals surface area contributed by atoms with Gasteiger partial charge in [0.1, 0.15) is 11.3 Å². The molecule has 0 unspecified atom stereocenters. The second kappa shape index (κ2) is 8.00. The summed E-state index contributed by atoms with van der Waals surface area (Å²) in [5.41, 5.74) is 3.57. The van der Waals surface area contributed by atoms with Gasteiger partial charge in [-0.05, 0) is 55.7 Å². The quantitative estimate of drug-likeness (QED) is 0.682. The number of aryl methyl sites for hydroxylation is 1. The van der Waals surface area contributed by atoms with Crippen LogP contribution in [0.15, 0.2) is 42.5 Å². The Labute approximate surface area is 165 Å². The van der Waals surface area contributed by atoms with E-state index < -0.39 is 0 Å². The van der Waals surface area contributed by atoms with Gasteiger partial charge in [0.05, 0.1) is 18.7 Å². The summed E-state index contributed by atoms with van der Waals surface area (Å²) in [5.74, 6) is 0.898. The lowest BCUT2D eigenvalue weighted by atomic mass is 10.00. The van der Waals surface area contributed by atoms with Gasteiger partial charge in [0, 0.05) is 18.7 Å². The van der Waals surface area contributed by atoms with Crippen molar-refractivity contribution in [3.8, 4) is 5.75 Å². The topological polar surface area (TPSA) is 60.2 Å². The molecule has 0 radical (unpaired) electrons. The molecule has 1 amide bonds. The van der Waals surface area contributed by atoms with Crippen molar-refractivity contribution in [1.29, 1.82) is 0 Å². The lowest BCUT2D eigenvalue weighted by molar-refractivity contribution is 0.0681. The van der Waals surface area contributed by atoms with Crippen LogP contribution in [-0.2, 0) is 6.54 Å². The number of fused-ring (bicyclic) bond motifs is 1. The Morgan fingerprint density at radius 3 is 2.71 bits per heavy atom. The first kappa shape index (κ1) is 18.5. The smallest absolute Gasteiger partial charge is 0.254 e. The Morgan fingerprint density at radius 2 is 1.96 bits per heavy atom. The van der Waals surface area contributed by atoms with Crippen LogP contribution in [0.1, 0.15) is 54.6 Å². The van der Waals surface area contributed by atoms with E-state index in [-0.39, 0.29) is 11.9 Å². The maximum atomic E-state index is 13.4. The molecule has 0 N–H and O–H groups in total. The zero-order valence-electron chi connectivity index (χ0n) is 16.5. The Hall–Kier alpha value is -2.89. The van der Waals surface area contributed by atoms with Gasteiger partial charge in [0.15, 0.2) is 0 Å². The largest absolute Gasteiger partial charge is 0.497 e. The van der Waals surface area contributed by atoms with Gasteiger partial charge in [0.2, 0.25) is 0 Å². The van der Waals surface area contributed by atoms with Crippen molar-refractivity contribution in [2.75, 3.05) is 13.7 Å². The number of methoxy groups -OCH3 is 1. The number of carbonyl (C=O) groups is 1. The summed E-state index contributed by atoms with van der Waals surface area (Å²) < 4.78 is 7.12. The van der Waals surface area contributed by atoms with E-state index in [1.165, 1.54) is 0 Å². The first-order valence-electron chi connectivity index (χ1n) is 9.99. The van der Waals surface area contributed by atoms with Crippen molar-refractivity contribution in [2.45, 2.75) is 45.2 Å². The molecule has 6 heteroatoms. The minimum absolute atomic E-state index is 0.0654. The first-order valence-corrected chi connectivity index (χ1v) is 9.99. The molecule has 0 bridgehead atoms. The van der Waals surface area contributed by atoms with Crippen LogP contribution in [-0.4, -0.2) is 39.5 Å². The van der Waals surface area contributed by atoms with Crippen molar-refractivity contribution < 1.29 is 9.53 Å². The number of hydrogen-bond acceptors (Lipinski definition) is 4. The summed E-state index contributed by atoms with van der Waals surface area (Å²) in [5, 5.41) is 8.37. The lowest BCUT2D eigenvalue weighted by Crippen LogP contribution is -2.34. The number of hydrogen-bond donors (Lipinski definition) is 0. The molecule has 1 saturated heterocycles. The van der Waals surface area contributed by atoms with E-state index in [4.69, 9.17) is 4.74 Å². The van der Waals surface area contributed by atoms with Gasteiger partial charge in [-0.2, -0.15) is 0 Å². The van der Waals surface area contributed by atoms with Crippen LogP contribution in [0.25, 0.3) is 11.0 Å². The van der Waals surface area contributed by atoms with E-state index in [1.54, 1.807) is 7.11 Å². The van der Waals surface area contributed by atoms with Crippen LogP contribution in [0.3, 0.4) is 0 Å². The van der Waals surface area contributed by atoms with Crippen molar-refractivity contribution in [1.82, 2.24) is 19.9 Å². The molecular weight excluding hydrogens is 352 g/mol. The van der Waals surface area contributed by atoms with Crippen molar-refractivity contribution >= 4 is 16.9 Å². The van der Waals surface area contributed by atoms with Crippen LogP contribution < -0.4 is 4.74 Å². The third kappa shape index (κ3) is 3.46. The van der Waals surface area contributed by atoms with Gasteiger partial charge in [0.25, 0.3) is 5.91 Å². The second-order valence-electron chi connectivity index (χ2n) is 7.25. The van der Waals surface area contributed by atoms with Gasteiger partial charge >= 0.3 is 0 Å². The van der Waals surface area contributed by atoms with Gasteiger partial charge in [-0.1, -0.05) is 30.2 Å². The van der Waals surface area contributed by atoms with Crippen molar-refractivity contribution in [3.63, 3.8) is 0 Å². The molecule has 1 aromatic heterocycles. The zero-order chi connectivity index (χ0) is 19.5. The van der Waals surface area contributed by atoms with E-state index in [9.17, 15) is 4.79 Å². The van der Waals surface area contributed by atoms with Crippen molar-refractivity contribution in [3.05, 3.63) is 53.6 Å². The molecule has 0 aliphatic carbocycles. The van der Waals surface area contributed by atoms with Crippen LogP contribution >= 0.6 is 0 Å². The normalized spacial score (nSPS) is 17.5.